The molecule has 0 bridgehead atoms. The van der Waals surface area contributed by atoms with Crippen LogP contribution in [0.2, 0.25) is 0 Å². The van der Waals surface area contributed by atoms with Crippen LogP contribution in [0.3, 0.4) is 0 Å². The van der Waals surface area contributed by atoms with Crippen molar-refractivity contribution in [2.24, 2.45) is 0 Å². The van der Waals surface area contributed by atoms with E-state index < -0.39 is 11.7 Å². The number of ether oxygens (including phenoxy) is 1. The van der Waals surface area contributed by atoms with E-state index in [2.05, 4.69) is 16.8 Å². The highest BCUT2D eigenvalue weighted by Gasteiger charge is 2.30. The van der Waals surface area contributed by atoms with Gasteiger partial charge in [-0.2, -0.15) is 13.2 Å². The number of benzene rings is 2. The van der Waals surface area contributed by atoms with Crippen LogP contribution >= 0.6 is 11.8 Å². The van der Waals surface area contributed by atoms with Crippen LogP contribution < -0.4 is 4.74 Å². The highest BCUT2D eigenvalue weighted by Crippen LogP contribution is 2.33. The van der Waals surface area contributed by atoms with E-state index in [9.17, 15) is 13.2 Å². The number of allylic oxidation sites excluding steroid dienone is 1. The van der Waals surface area contributed by atoms with Crippen LogP contribution in [-0.4, -0.2) is 21.9 Å². The molecule has 2 aromatic carbocycles. The molecule has 1 aromatic heterocycles. The third-order valence-electron chi connectivity index (χ3n) is 4.00. The van der Waals surface area contributed by atoms with Crippen molar-refractivity contribution in [2.45, 2.75) is 23.6 Å². The van der Waals surface area contributed by atoms with Gasteiger partial charge in [-0.25, -0.2) is 0 Å². The number of halogens is 3. The van der Waals surface area contributed by atoms with Crippen molar-refractivity contribution in [3.8, 4) is 17.1 Å². The minimum atomic E-state index is -4.36. The van der Waals surface area contributed by atoms with Crippen molar-refractivity contribution < 1.29 is 17.9 Å². The average Bonchev–Trinajstić information content (AvgIpc) is 3.08. The lowest BCUT2D eigenvalue weighted by atomic mass is 10.1. The molecule has 3 aromatic rings. The number of nitrogens with zero attached hydrogens (tertiary/aromatic N) is 3. The molecule has 0 N–H and O–H groups in total. The van der Waals surface area contributed by atoms with E-state index >= 15 is 0 Å². The van der Waals surface area contributed by atoms with E-state index in [-0.39, 0.29) is 0 Å². The Kier molecular flexibility index (Phi) is 6.08. The zero-order chi connectivity index (χ0) is 20.1. The van der Waals surface area contributed by atoms with E-state index in [1.165, 1.54) is 17.8 Å². The molecule has 28 heavy (non-hydrogen) atoms. The van der Waals surface area contributed by atoms with Gasteiger partial charge in [0.25, 0.3) is 0 Å². The minimum Gasteiger partial charge on any atom is -0.496 e. The number of hydrogen-bond donors (Lipinski definition) is 0. The van der Waals surface area contributed by atoms with Crippen LogP contribution in [0.25, 0.3) is 11.4 Å². The fourth-order valence-electron chi connectivity index (χ4n) is 2.70. The first kappa shape index (κ1) is 20.0. The Labute approximate surface area is 165 Å². The highest BCUT2D eigenvalue weighted by molar-refractivity contribution is 7.98. The molecule has 1 heterocycles. The fourth-order valence-corrected chi connectivity index (χ4v) is 3.59. The molecule has 4 nitrogen and oxygen atoms in total. The van der Waals surface area contributed by atoms with Crippen molar-refractivity contribution in [1.29, 1.82) is 0 Å². The monoisotopic (exact) mass is 405 g/mol. The highest BCUT2D eigenvalue weighted by atomic mass is 32.2. The third kappa shape index (κ3) is 4.39. The zero-order valence-electron chi connectivity index (χ0n) is 15.1. The maximum atomic E-state index is 12.9. The van der Waals surface area contributed by atoms with Crippen LogP contribution in [0.1, 0.15) is 11.1 Å². The van der Waals surface area contributed by atoms with Gasteiger partial charge in [-0.05, 0) is 23.8 Å². The summed E-state index contributed by atoms with van der Waals surface area (Å²) in [6, 6.07) is 12.7. The molecule has 0 spiro atoms. The maximum absolute atomic E-state index is 12.9. The lowest BCUT2D eigenvalue weighted by Gasteiger charge is -2.11. The molecule has 0 fully saturated rings. The quantitative estimate of drug-likeness (QED) is 0.387. The van der Waals surface area contributed by atoms with Crippen LogP contribution in [0.15, 0.2) is 66.3 Å². The molecular weight excluding hydrogens is 387 g/mol. The molecule has 0 saturated heterocycles. The van der Waals surface area contributed by atoms with Gasteiger partial charge in [0.1, 0.15) is 5.75 Å². The maximum Gasteiger partial charge on any atom is 0.416 e. The van der Waals surface area contributed by atoms with Crippen LogP contribution in [0.4, 0.5) is 13.2 Å². The van der Waals surface area contributed by atoms with E-state index in [0.717, 1.165) is 17.7 Å². The standard InChI is InChI=1S/C20H18F3N3OS/c1-3-11-26-18(16-9-4-5-10-17(16)27-2)24-25-19(26)28-13-14-7-6-8-15(12-14)20(21,22)23/h3-10,12H,1,11,13H2,2H3. The second kappa shape index (κ2) is 8.52. The van der Waals surface area contributed by atoms with Gasteiger partial charge in [0, 0.05) is 12.3 Å². The number of aromatic nitrogens is 3. The molecule has 8 heteroatoms. The van der Waals surface area contributed by atoms with E-state index in [0.29, 0.717) is 34.6 Å². The Morgan fingerprint density at radius 3 is 2.64 bits per heavy atom. The molecule has 3 rings (SSSR count). The molecule has 0 aliphatic heterocycles. The van der Waals surface area contributed by atoms with Crippen molar-refractivity contribution in [3.05, 3.63) is 72.3 Å². The normalized spacial score (nSPS) is 11.4. The van der Waals surface area contributed by atoms with E-state index in [1.54, 1.807) is 19.3 Å². The van der Waals surface area contributed by atoms with Gasteiger partial charge in [0.15, 0.2) is 11.0 Å². The third-order valence-corrected chi connectivity index (χ3v) is 5.04. The first-order valence-electron chi connectivity index (χ1n) is 8.40. The number of para-hydroxylation sites is 1. The first-order valence-corrected chi connectivity index (χ1v) is 9.39. The van der Waals surface area contributed by atoms with Gasteiger partial charge >= 0.3 is 6.18 Å². The lowest BCUT2D eigenvalue weighted by molar-refractivity contribution is -0.137. The summed E-state index contributed by atoms with van der Waals surface area (Å²) < 4.78 is 46.0. The number of rotatable bonds is 7. The largest absolute Gasteiger partial charge is 0.496 e. The van der Waals surface area contributed by atoms with Crippen LogP contribution in [-0.2, 0) is 18.5 Å². The Balaban J connectivity index is 1.87. The Morgan fingerprint density at radius 1 is 1.14 bits per heavy atom. The topological polar surface area (TPSA) is 39.9 Å². The predicted octanol–water partition coefficient (Wildman–Crippen LogP) is 5.45. The van der Waals surface area contributed by atoms with Crippen molar-refractivity contribution in [2.75, 3.05) is 7.11 Å². The van der Waals surface area contributed by atoms with Gasteiger partial charge in [0.05, 0.1) is 18.2 Å². The molecular formula is C20H18F3N3OS. The second-order valence-corrected chi connectivity index (χ2v) is 6.84. The Bertz CT molecular complexity index is 969. The summed E-state index contributed by atoms with van der Waals surface area (Å²) in [5.41, 5.74) is 0.685. The summed E-state index contributed by atoms with van der Waals surface area (Å²) in [6.45, 7) is 4.23. The summed E-state index contributed by atoms with van der Waals surface area (Å²) >= 11 is 1.32. The number of thioether (sulfide) groups is 1. The molecule has 0 atom stereocenters. The SMILES string of the molecule is C=CCn1c(SCc2cccc(C(F)(F)F)c2)nnc1-c1ccccc1OC. The van der Waals surface area contributed by atoms with Gasteiger partial charge in [-0.1, -0.05) is 48.2 Å². The lowest BCUT2D eigenvalue weighted by Crippen LogP contribution is -2.05. The number of alkyl halides is 3. The molecule has 0 aliphatic carbocycles. The molecule has 0 unspecified atom stereocenters. The van der Waals surface area contributed by atoms with E-state index in [1.807, 2.05) is 28.8 Å². The summed E-state index contributed by atoms with van der Waals surface area (Å²) in [5.74, 6) is 1.61. The van der Waals surface area contributed by atoms with Gasteiger partial charge in [-0.3, -0.25) is 4.57 Å². The number of hydrogen-bond acceptors (Lipinski definition) is 4. The summed E-state index contributed by atoms with van der Waals surface area (Å²) in [4.78, 5) is 0. The van der Waals surface area contributed by atoms with Crippen molar-refractivity contribution >= 4 is 11.8 Å². The Morgan fingerprint density at radius 2 is 1.93 bits per heavy atom. The summed E-state index contributed by atoms with van der Waals surface area (Å²) in [5, 5.41) is 9.09. The predicted molar refractivity (Wildman–Crippen MR) is 103 cm³/mol. The van der Waals surface area contributed by atoms with Crippen LogP contribution in [0, 0.1) is 0 Å². The molecule has 0 amide bonds. The summed E-state index contributed by atoms with van der Waals surface area (Å²) in [7, 11) is 1.58. The minimum absolute atomic E-state index is 0.338. The van der Waals surface area contributed by atoms with Gasteiger partial charge in [0.2, 0.25) is 0 Å². The van der Waals surface area contributed by atoms with Gasteiger partial charge in [-0.15, -0.1) is 16.8 Å². The zero-order valence-corrected chi connectivity index (χ0v) is 15.9. The van der Waals surface area contributed by atoms with Crippen molar-refractivity contribution in [1.82, 2.24) is 14.8 Å². The average molecular weight is 405 g/mol. The van der Waals surface area contributed by atoms with Gasteiger partial charge < -0.3 is 4.74 Å². The second-order valence-electron chi connectivity index (χ2n) is 5.89. The van der Waals surface area contributed by atoms with Crippen molar-refractivity contribution in [3.63, 3.8) is 0 Å². The Hall–Kier alpha value is -2.74. The molecule has 0 radical (unpaired) electrons. The molecule has 0 aliphatic rings. The number of methoxy groups -OCH3 is 1. The fraction of sp³-hybridized carbons (Fsp3) is 0.200. The molecule has 146 valence electrons. The van der Waals surface area contributed by atoms with E-state index in [4.69, 9.17) is 4.74 Å². The first-order chi connectivity index (χ1) is 13.4. The summed E-state index contributed by atoms with van der Waals surface area (Å²) in [6.07, 6.45) is -2.64. The molecule has 0 saturated carbocycles. The van der Waals surface area contributed by atoms with Crippen LogP contribution in [0.5, 0.6) is 5.75 Å². The smallest absolute Gasteiger partial charge is 0.416 e.